The molecule has 2 aromatic carbocycles. The first-order valence-corrected chi connectivity index (χ1v) is 10.0. The van der Waals surface area contributed by atoms with Crippen molar-refractivity contribution in [3.05, 3.63) is 86.3 Å². The molecule has 4 rings (SSSR count). The normalized spacial score (nSPS) is 11.4. The first kappa shape index (κ1) is 20.7. The number of hydrogen-bond acceptors (Lipinski definition) is 4. The number of imidazole rings is 1. The summed E-state index contributed by atoms with van der Waals surface area (Å²) in [6, 6.07) is 14.0. The van der Waals surface area contributed by atoms with Crippen molar-refractivity contribution < 1.29 is 9.50 Å². The van der Waals surface area contributed by atoms with Crippen molar-refractivity contribution in [2.75, 3.05) is 6.61 Å². The Hall–Kier alpha value is -3.52. The number of hydrogen-bond donors (Lipinski definition) is 1. The molecule has 0 atom stereocenters. The van der Waals surface area contributed by atoms with E-state index in [1.807, 2.05) is 31.2 Å². The van der Waals surface area contributed by atoms with E-state index in [1.165, 1.54) is 17.7 Å². The van der Waals surface area contributed by atoms with Crippen LogP contribution < -0.4 is 11.2 Å². The zero-order valence-corrected chi connectivity index (χ0v) is 17.4. The van der Waals surface area contributed by atoms with Gasteiger partial charge in [0.15, 0.2) is 11.2 Å². The fraction of sp³-hybridized carbons (Fsp3) is 0.261. The van der Waals surface area contributed by atoms with Crippen LogP contribution in [0.2, 0.25) is 0 Å². The van der Waals surface area contributed by atoms with Gasteiger partial charge in [-0.15, -0.1) is 0 Å². The molecule has 2 heterocycles. The molecule has 2 aromatic heterocycles. The number of aliphatic hydroxyl groups excluding tert-OH is 1. The number of halogens is 1. The maximum atomic E-state index is 14.7. The Labute approximate surface area is 177 Å². The minimum atomic E-state index is -0.522. The lowest BCUT2D eigenvalue weighted by molar-refractivity contribution is 0.277. The van der Waals surface area contributed by atoms with Crippen molar-refractivity contribution in [2.45, 2.75) is 26.4 Å². The molecule has 0 fully saturated rings. The minimum Gasteiger partial charge on any atom is -0.396 e. The summed E-state index contributed by atoms with van der Waals surface area (Å²) in [5, 5.41) is 9.16. The number of nitrogens with zero attached hydrogens (tertiary/aromatic N) is 4. The summed E-state index contributed by atoms with van der Waals surface area (Å²) in [4.78, 5) is 30.6. The number of rotatable bonds is 6. The standard InChI is InChI=1S/C23H23FN4O3/c1-15-8-10-16(11-9-15)14-28-19-21(25-20(28)17-6-3-4-7-18(17)24)26(2)23(31)27(22(19)30)12-5-13-29/h3-4,6-11,29H,5,12-14H2,1-2H3. The largest absolute Gasteiger partial charge is 0.396 e. The molecule has 0 aliphatic heterocycles. The van der Waals surface area contributed by atoms with Crippen LogP contribution in [0.25, 0.3) is 22.6 Å². The highest BCUT2D eigenvalue weighted by atomic mass is 19.1. The van der Waals surface area contributed by atoms with Crippen molar-refractivity contribution in [1.82, 2.24) is 18.7 Å². The molecule has 0 radical (unpaired) electrons. The van der Waals surface area contributed by atoms with Gasteiger partial charge in [-0.25, -0.2) is 14.2 Å². The van der Waals surface area contributed by atoms with Crippen LogP contribution in [0.5, 0.6) is 0 Å². The van der Waals surface area contributed by atoms with E-state index < -0.39 is 17.1 Å². The molecule has 0 saturated heterocycles. The maximum absolute atomic E-state index is 14.7. The van der Waals surface area contributed by atoms with Crippen molar-refractivity contribution in [3.8, 4) is 11.4 Å². The Morgan fingerprint density at radius 3 is 2.42 bits per heavy atom. The van der Waals surface area contributed by atoms with Crippen molar-refractivity contribution >= 4 is 11.2 Å². The van der Waals surface area contributed by atoms with Gasteiger partial charge >= 0.3 is 5.69 Å². The Kier molecular flexibility index (Phi) is 5.56. The molecule has 0 saturated carbocycles. The molecule has 31 heavy (non-hydrogen) atoms. The van der Waals surface area contributed by atoms with Crippen LogP contribution in [0.15, 0.2) is 58.1 Å². The summed E-state index contributed by atoms with van der Waals surface area (Å²) in [6.45, 7) is 2.21. The molecule has 0 unspecified atom stereocenters. The zero-order valence-electron chi connectivity index (χ0n) is 17.4. The third-order valence-corrected chi connectivity index (χ3v) is 5.35. The second-order valence-electron chi connectivity index (χ2n) is 7.53. The van der Waals surface area contributed by atoms with Crippen LogP contribution in [0, 0.1) is 12.7 Å². The second-order valence-corrected chi connectivity index (χ2v) is 7.53. The van der Waals surface area contributed by atoms with Gasteiger partial charge in [0, 0.05) is 26.7 Å². The van der Waals surface area contributed by atoms with E-state index in [0.717, 1.165) is 15.7 Å². The van der Waals surface area contributed by atoms with Crippen molar-refractivity contribution in [2.24, 2.45) is 7.05 Å². The number of benzene rings is 2. The summed E-state index contributed by atoms with van der Waals surface area (Å²) in [6.07, 6.45) is 0.271. The lowest BCUT2D eigenvalue weighted by Crippen LogP contribution is -2.39. The van der Waals surface area contributed by atoms with Gasteiger partial charge in [-0.3, -0.25) is 13.9 Å². The summed E-state index contributed by atoms with van der Waals surface area (Å²) in [5.41, 5.74) is 1.65. The van der Waals surface area contributed by atoms with Crippen LogP contribution in [-0.4, -0.2) is 30.4 Å². The topological polar surface area (TPSA) is 82.1 Å². The van der Waals surface area contributed by atoms with E-state index in [0.29, 0.717) is 0 Å². The predicted octanol–water partition coefficient (Wildman–Crippen LogP) is 2.44. The average molecular weight is 422 g/mol. The fourth-order valence-corrected chi connectivity index (χ4v) is 3.68. The Morgan fingerprint density at radius 1 is 1.03 bits per heavy atom. The monoisotopic (exact) mass is 422 g/mol. The van der Waals surface area contributed by atoms with Gasteiger partial charge in [0.2, 0.25) is 0 Å². The van der Waals surface area contributed by atoms with Crippen molar-refractivity contribution in [3.63, 3.8) is 0 Å². The number of fused-ring (bicyclic) bond motifs is 1. The van der Waals surface area contributed by atoms with Crippen LogP contribution in [0.4, 0.5) is 4.39 Å². The van der Waals surface area contributed by atoms with Crippen LogP contribution >= 0.6 is 0 Å². The van der Waals surface area contributed by atoms with Crippen LogP contribution in [0.3, 0.4) is 0 Å². The summed E-state index contributed by atoms with van der Waals surface area (Å²) in [5.74, 6) is -0.186. The third-order valence-electron chi connectivity index (χ3n) is 5.35. The van der Waals surface area contributed by atoms with E-state index >= 15 is 0 Å². The highest BCUT2D eigenvalue weighted by Gasteiger charge is 2.22. The molecule has 0 amide bonds. The molecular formula is C23H23FN4O3. The first-order chi connectivity index (χ1) is 14.9. The first-order valence-electron chi connectivity index (χ1n) is 10.0. The van der Waals surface area contributed by atoms with Gasteiger partial charge in [0.05, 0.1) is 5.56 Å². The van der Waals surface area contributed by atoms with Gasteiger partial charge in [0.25, 0.3) is 5.56 Å². The number of aliphatic hydroxyl groups is 1. The van der Waals surface area contributed by atoms with Crippen LogP contribution in [-0.2, 0) is 20.1 Å². The van der Waals surface area contributed by atoms with Gasteiger partial charge in [-0.2, -0.15) is 0 Å². The summed E-state index contributed by atoms with van der Waals surface area (Å²) in [7, 11) is 1.54. The lowest BCUT2D eigenvalue weighted by atomic mass is 10.1. The highest BCUT2D eigenvalue weighted by Crippen LogP contribution is 2.26. The highest BCUT2D eigenvalue weighted by molar-refractivity contribution is 5.77. The van der Waals surface area contributed by atoms with Gasteiger partial charge in [0.1, 0.15) is 11.6 Å². The van der Waals surface area contributed by atoms with E-state index in [4.69, 9.17) is 5.11 Å². The molecule has 7 nitrogen and oxygen atoms in total. The molecule has 160 valence electrons. The molecule has 8 heteroatoms. The predicted molar refractivity (Wildman–Crippen MR) is 117 cm³/mol. The zero-order chi connectivity index (χ0) is 22.1. The number of aryl methyl sites for hydroxylation is 2. The van der Waals surface area contributed by atoms with Gasteiger partial charge in [-0.1, -0.05) is 42.0 Å². The smallest absolute Gasteiger partial charge is 0.332 e. The van der Waals surface area contributed by atoms with E-state index in [1.54, 1.807) is 22.8 Å². The summed E-state index contributed by atoms with van der Waals surface area (Å²) < 4.78 is 18.7. The molecular weight excluding hydrogens is 399 g/mol. The third kappa shape index (κ3) is 3.70. The van der Waals surface area contributed by atoms with E-state index in [9.17, 15) is 14.0 Å². The molecule has 0 spiro atoms. The number of aromatic nitrogens is 4. The fourth-order valence-electron chi connectivity index (χ4n) is 3.68. The molecule has 4 aromatic rings. The van der Waals surface area contributed by atoms with Crippen LogP contribution in [0.1, 0.15) is 17.5 Å². The maximum Gasteiger partial charge on any atom is 0.332 e. The Balaban J connectivity index is 2.04. The lowest BCUT2D eigenvalue weighted by Gasteiger charge is -2.12. The molecule has 0 bridgehead atoms. The SMILES string of the molecule is Cc1ccc(Cn2c(-c3ccccc3F)nc3c2c(=O)n(CCCO)c(=O)n3C)cc1. The molecule has 1 N–H and O–H groups in total. The summed E-state index contributed by atoms with van der Waals surface area (Å²) >= 11 is 0. The van der Waals surface area contributed by atoms with Crippen molar-refractivity contribution in [1.29, 1.82) is 0 Å². The second kappa shape index (κ2) is 8.31. The van der Waals surface area contributed by atoms with Gasteiger partial charge in [-0.05, 0) is 31.0 Å². The quantitative estimate of drug-likeness (QED) is 0.518. The van der Waals surface area contributed by atoms with Gasteiger partial charge < -0.3 is 9.67 Å². The Bertz CT molecular complexity index is 1370. The van der Waals surface area contributed by atoms with E-state index in [2.05, 4.69) is 4.98 Å². The minimum absolute atomic E-state index is 0.0860. The Morgan fingerprint density at radius 2 is 1.74 bits per heavy atom. The molecule has 0 aliphatic carbocycles. The average Bonchev–Trinajstić information content (AvgIpc) is 3.13. The van der Waals surface area contributed by atoms with E-state index in [-0.39, 0.29) is 48.7 Å². The molecule has 0 aliphatic rings.